The predicted octanol–water partition coefficient (Wildman–Crippen LogP) is 2.36. The molecule has 0 aliphatic carbocycles. The van der Waals surface area contributed by atoms with Crippen LogP contribution in [-0.4, -0.2) is 18.6 Å². The highest BCUT2D eigenvalue weighted by Gasteiger charge is 2.25. The van der Waals surface area contributed by atoms with E-state index in [-0.39, 0.29) is 11.4 Å². The largest absolute Gasteiger partial charge is 0.325 e. The molecule has 1 aromatic carbocycles. The molecular weight excluding hydrogens is 356 g/mol. The lowest BCUT2D eigenvalue weighted by atomic mass is 10.1. The van der Waals surface area contributed by atoms with E-state index in [1.165, 1.54) is 0 Å². The number of hydrogen-bond acceptors (Lipinski definition) is 4. The van der Waals surface area contributed by atoms with E-state index in [0.29, 0.717) is 21.5 Å². The van der Waals surface area contributed by atoms with Gasteiger partial charge in [-0.15, -0.1) is 0 Å². The number of benzene rings is 1. The zero-order valence-corrected chi connectivity index (χ0v) is 14.4. The van der Waals surface area contributed by atoms with Gasteiger partial charge in [-0.05, 0) is 53.9 Å². The first-order valence-electron chi connectivity index (χ1n) is 6.29. The van der Waals surface area contributed by atoms with Crippen LogP contribution >= 0.6 is 15.9 Å². The quantitative estimate of drug-likeness (QED) is 0.766. The maximum Gasteiger partial charge on any atom is 0.265 e. The second-order valence-corrected chi connectivity index (χ2v) is 7.35. The summed E-state index contributed by atoms with van der Waals surface area (Å²) < 4.78 is 28.5. The molecule has 21 heavy (non-hydrogen) atoms. The van der Waals surface area contributed by atoms with Gasteiger partial charge < -0.3 is 5.73 Å². The Bertz CT molecular complexity index is 760. The third kappa shape index (κ3) is 3.12. The van der Waals surface area contributed by atoms with Crippen LogP contribution in [-0.2, 0) is 16.6 Å². The maximum absolute atomic E-state index is 12.6. The van der Waals surface area contributed by atoms with Gasteiger partial charge in [0, 0.05) is 11.0 Å². The Balaban J connectivity index is 2.50. The molecule has 0 aliphatic rings. The van der Waals surface area contributed by atoms with E-state index in [2.05, 4.69) is 30.8 Å². The van der Waals surface area contributed by atoms with Crippen LogP contribution in [0.2, 0.25) is 0 Å². The van der Waals surface area contributed by atoms with Gasteiger partial charge in [0.25, 0.3) is 10.0 Å². The number of aromatic nitrogens is 2. The number of rotatable bonds is 4. The highest BCUT2D eigenvalue weighted by molar-refractivity contribution is 9.10. The zero-order chi connectivity index (χ0) is 15.8. The van der Waals surface area contributed by atoms with E-state index in [1.54, 1.807) is 6.92 Å². The van der Waals surface area contributed by atoms with Crippen LogP contribution in [0, 0.1) is 20.8 Å². The summed E-state index contributed by atoms with van der Waals surface area (Å²) in [6.07, 6.45) is 0. The number of sulfonamides is 1. The van der Waals surface area contributed by atoms with Crippen molar-refractivity contribution < 1.29 is 8.42 Å². The second kappa shape index (κ2) is 5.78. The summed E-state index contributed by atoms with van der Waals surface area (Å²) in [4.78, 5) is 0.108. The van der Waals surface area contributed by atoms with Crippen LogP contribution in [0.3, 0.4) is 0 Å². The first kappa shape index (κ1) is 16.0. The molecule has 8 heteroatoms. The van der Waals surface area contributed by atoms with Gasteiger partial charge in [0.15, 0.2) is 0 Å². The number of nitrogens with zero attached hydrogens (tertiary/aromatic N) is 1. The summed E-state index contributed by atoms with van der Waals surface area (Å²) in [5.74, 6) is 0. The number of hydrogen-bond donors (Lipinski definition) is 3. The van der Waals surface area contributed by atoms with Crippen molar-refractivity contribution in [1.29, 1.82) is 0 Å². The number of halogens is 1. The number of nitrogens with two attached hydrogens (primary N) is 1. The number of nitrogens with one attached hydrogen (secondary N) is 2. The van der Waals surface area contributed by atoms with Crippen LogP contribution < -0.4 is 10.5 Å². The van der Waals surface area contributed by atoms with Crippen molar-refractivity contribution in [3.05, 3.63) is 39.1 Å². The monoisotopic (exact) mass is 372 g/mol. The van der Waals surface area contributed by atoms with Crippen molar-refractivity contribution in [2.75, 3.05) is 4.72 Å². The molecule has 0 fully saturated rings. The lowest BCUT2D eigenvalue weighted by Gasteiger charge is -2.13. The molecule has 0 bridgehead atoms. The van der Waals surface area contributed by atoms with E-state index >= 15 is 0 Å². The molecule has 1 heterocycles. The van der Waals surface area contributed by atoms with Gasteiger partial charge in [0.1, 0.15) is 4.90 Å². The van der Waals surface area contributed by atoms with Crippen molar-refractivity contribution in [2.45, 2.75) is 32.2 Å². The van der Waals surface area contributed by atoms with Gasteiger partial charge in [-0.2, -0.15) is 5.10 Å². The Morgan fingerprint density at radius 1 is 1.33 bits per heavy atom. The van der Waals surface area contributed by atoms with Crippen molar-refractivity contribution in [2.24, 2.45) is 5.73 Å². The fraction of sp³-hybridized carbons (Fsp3) is 0.308. The van der Waals surface area contributed by atoms with Crippen LogP contribution in [0.25, 0.3) is 0 Å². The maximum atomic E-state index is 12.6. The van der Waals surface area contributed by atoms with Gasteiger partial charge in [-0.1, -0.05) is 6.07 Å². The molecule has 2 rings (SSSR count). The van der Waals surface area contributed by atoms with E-state index in [4.69, 9.17) is 5.73 Å². The second-order valence-electron chi connectivity index (χ2n) is 4.87. The van der Waals surface area contributed by atoms with Crippen LogP contribution in [0.4, 0.5) is 5.69 Å². The van der Waals surface area contributed by atoms with Crippen molar-refractivity contribution >= 4 is 31.6 Å². The van der Waals surface area contributed by atoms with Crippen molar-refractivity contribution in [3.8, 4) is 0 Å². The highest BCUT2D eigenvalue weighted by atomic mass is 79.9. The summed E-state index contributed by atoms with van der Waals surface area (Å²) >= 11 is 3.39. The molecule has 114 valence electrons. The third-order valence-corrected chi connectivity index (χ3v) is 5.27. The molecule has 0 saturated heterocycles. The minimum atomic E-state index is -3.76. The SMILES string of the molecule is Cc1cc(C)c(NS(=O)(=O)c2c(CN)n[nH]c2C)c(Br)c1. The van der Waals surface area contributed by atoms with Gasteiger partial charge in [0.05, 0.1) is 17.1 Å². The molecule has 0 aliphatic heterocycles. The molecule has 2 aromatic rings. The van der Waals surface area contributed by atoms with Crippen LogP contribution in [0.5, 0.6) is 0 Å². The Morgan fingerprint density at radius 3 is 2.57 bits per heavy atom. The molecule has 0 saturated carbocycles. The summed E-state index contributed by atoms with van der Waals surface area (Å²) in [6, 6.07) is 3.77. The molecule has 1 aromatic heterocycles. The normalized spacial score (nSPS) is 11.7. The van der Waals surface area contributed by atoms with Crippen LogP contribution in [0.1, 0.15) is 22.5 Å². The number of aryl methyl sites for hydroxylation is 3. The standard InChI is InChI=1S/C13H17BrN4O2S/c1-7-4-8(2)12(10(14)5-7)18-21(19,20)13-9(3)16-17-11(13)6-15/h4-5,18H,6,15H2,1-3H3,(H,16,17). The fourth-order valence-electron chi connectivity index (χ4n) is 2.19. The van der Waals surface area contributed by atoms with Gasteiger partial charge in [-0.3, -0.25) is 9.82 Å². The van der Waals surface area contributed by atoms with Gasteiger partial charge in [0.2, 0.25) is 0 Å². The smallest absolute Gasteiger partial charge is 0.265 e. The highest BCUT2D eigenvalue weighted by Crippen LogP contribution is 2.30. The third-order valence-electron chi connectivity index (χ3n) is 3.09. The van der Waals surface area contributed by atoms with E-state index in [0.717, 1.165) is 11.1 Å². The first-order chi connectivity index (χ1) is 9.76. The number of H-pyrrole nitrogens is 1. The molecule has 0 atom stereocenters. The Morgan fingerprint density at radius 2 is 2.00 bits per heavy atom. The molecule has 0 unspecified atom stereocenters. The average Bonchev–Trinajstić information content (AvgIpc) is 2.76. The van der Waals surface area contributed by atoms with E-state index < -0.39 is 10.0 Å². The van der Waals surface area contributed by atoms with Crippen molar-refractivity contribution in [1.82, 2.24) is 10.2 Å². The van der Waals surface area contributed by atoms with Crippen LogP contribution in [0.15, 0.2) is 21.5 Å². The summed E-state index contributed by atoms with van der Waals surface area (Å²) in [5.41, 5.74) is 8.73. The molecular formula is C13H17BrN4O2S. The number of anilines is 1. The molecule has 0 spiro atoms. The van der Waals surface area contributed by atoms with Gasteiger partial charge in [-0.25, -0.2) is 8.42 Å². The average molecular weight is 373 g/mol. The molecule has 0 radical (unpaired) electrons. The summed E-state index contributed by atoms with van der Waals surface area (Å²) in [5, 5.41) is 6.58. The Kier molecular flexibility index (Phi) is 4.40. The zero-order valence-electron chi connectivity index (χ0n) is 12.0. The fourth-order valence-corrected chi connectivity index (χ4v) is 4.63. The Hall–Kier alpha value is -1.38. The molecule has 4 N–H and O–H groups in total. The molecule has 6 nitrogen and oxygen atoms in total. The van der Waals surface area contributed by atoms with E-state index in [1.807, 2.05) is 26.0 Å². The topological polar surface area (TPSA) is 101 Å². The first-order valence-corrected chi connectivity index (χ1v) is 8.57. The summed E-state index contributed by atoms with van der Waals surface area (Å²) in [7, 11) is -3.76. The van der Waals surface area contributed by atoms with Gasteiger partial charge >= 0.3 is 0 Å². The lowest BCUT2D eigenvalue weighted by Crippen LogP contribution is -2.17. The Labute approximate surface area is 132 Å². The van der Waals surface area contributed by atoms with Crippen molar-refractivity contribution in [3.63, 3.8) is 0 Å². The lowest BCUT2D eigenvalue weighted by molar-refractivity contribution is 0.599. The predicted molar refractivity (Wildman–Crippen MR) is 85.6 cm³/mol. The minimum absolute atomic E-state index is 0.0502. The summed E-state index contributed by atoms with van der Waals surface area (Å²) in [6.45, 7) is 5.50. The minimum Gasteiger partial charge on any atom is -0.325 e. The molecule has 0 amide bonds. The number of aromatic amines is 1. The van der Waals surface area contributed by atoms with E-state index in [9.17, 15) is 8.42 Å².